The summed E-state index contributed by atoms with van der Waals surface area (Å²) in [5.74, 6) is -1.63. The van der Waals surface area contributed by atoms with Gasteiger partial charge in [-0.15, -0.1) is 0 Å². The quantitative estimate of drug-likeness (QED) is 0.434. The van der Waals surface area contributed by atoms with Gasteiger partial charge in [0, 0.05) is 31.6 Å². The number of amides is 2. The minimum atomic E-state index is -1.10. The number of benzene rings is 2. The van der Waals surface area contributed by atoms with Crippen LogP contribution in [-0.2, 0) is 19.1 Å². The molecule has 8 nitrogen and oxygen atoms in total. The highest BCUT2D eigenvalue weighted by atomic mass is 16.5. The molecule has 2 aromatic carbocycles. The largest absolute Gasteiger partial charge is 0.480 e. The van der Waals surface area contributed by atoms with Crippen LogP contribution in [0.5, 0.6) is 0 Å². The molecule has 1 atom stereocenters. The van der Waals surface area contributed by atoms with Crippen molar-refractivity contribution in [2.75, 3.05) is 20.3 Å². The Morgan fingerprint density at radius 1 is 1.03 bits per heavy atom. The number of ether oxygens (including phenoxy) is 2. The predicted molar refractivity (Wildman–Crippen MR) is 128 cm³/mol. The predicted octanol–water partition coefficient (Wildman–Crippen LogP) is 3.69. The second kappa shape index (κ2) is 11.2. The van der Waals surface area contributed by atoms with E-state index in [-0.39, 0.29) is 25.4 Å². The number of carboxylic acids is 1. The van der Waals surface area contributed by atoms with Crippen molar-refractivity contribution in [1.82, 2.24) is 10.6 Å². The van der Waals surface area contributed by atoms with E-state index in [9.17, 15) is 19.5 Å². The van der Waals surface area contributed by atoms with E-state index < -0.39 is 29.6 Å². The zero-order chi connectivity index (χ0) is 24.7. The van der Waals surface area contributed by atoms with Crippen LogP contribution in [0.2, 0.25) is 0 Å². The molecule has 1 aliphatic rings. The Labute approximate surface area is 199 Å². The number of rotatable bonds is 11. The highest BCUT2D eigenvalue weighted by molar-refractivity contribution is 5.84. The van der Waals surface area contributed by atoms with E-state index in [2.05, 4.69) is 22.8 Å². The topological polar surface area (TPSA) is 114 Å². The van der Waals surface area contributed by atoms with Crippen LogP contribution in [0.3, 0.4) is 0 Å². The molecule has 0 heterocycles. The molecule has 2 aromatic rings. The number of nitrogens with one attached hydrogen (secondary N) is 2. The molecular weight excluding hydrogens is 436 g/mol. The molecule has 2 amide bonds. The number of alkyl carbamates (subject to hydrolysis) is 1. The van der Waals surface area contributed by atoms with Crippen LogP contribution in [0.25, 0.3) is 11.1 Å². The minimum Gasteiger partial charge on any atom is -0.480 e. The molecule has 0 spiro atoms. The lowest BCUT2D eigenvalue weighted by Crippen LogP contribution is -2.49. The zero-order valence-electron chi connectivity index (χ0n) is 19.8. The standard InChI is InChI=1S/C26H32N2O6/c1-26(2,15-23(29)27-22(24(30)31)13-8-14-33-3)28-25(32)34-16-21-19-11-6-4-9-17(19)18-10-5-7-12-20(18)21/h4-7,9-12,21-22H,8,13-16H2,1-3H3,(H,27,29)(H,28,32)(H,30,31). The Balaban J connectivity index is 1.54. The van der Waals surface area contributed by atoms with Crippen molar-refractivity contribution >= 4 is 18.0 Å². The summed E-state index contributed by atoms with van der Waals surface area (Å²) in [7, 11) is 1.53. The highest BCUT2D eigenvalue weighted by Crippen LogP contribution is 2.44. The number of aliphatic carboxylic acids is 1. The van der Waals surface area contributed by atoms with Gasteiger partial charge in [-0.1, -0.05) is 48.5 Å². The molecule has 0 aliphatic heterocycles. The van der Waals surface area contributed by atoms with Crippen LogP contribution in [-0.4, -0.2) is 55.0 Å². The molecule has 8 heteroatoms. The zero-order valence-corrected chi connectivity index (χ0v) is 19.8. The van der Waals surface area contributed by atoms with Crippen molar-refractivity contribution in [3.8, 4) is 11.1 Å². The molecule has 34 heavy (non-hydrogen) atoms. The Bertz CT molecular complexity index is 990. The van der Waals surface area contributed by atoms with E-state index in [0.717, 1.165) is 22.3 Å². The van der Waals surface area contributed by atoms with Gasteiger partial charge in [-0.05, 0) is 48.9 Å². The van der Waals surface area contributed by atoms with E-state index in [1.807, 2.05) is 36.4 Å². The van der Waals surface area contributed by atoms with Gasteiger partial charge in [0.2, 0.25) is 5.91 Å². The van der Waals surface area contributed by atoms with Gasteiger partial charge < -0.3 is 25.2 Å². The maximum atomic E-state index is 12.6. The van der Waals surface area contributed by atoms with E-state index >= 15 is 0 Å². The smallest absolute Gasteiger partial charge is 0.407 e. The first-order chi connectivity index (χ1) is 16.2. The van der Waals surface area contributed by atoms with Gasteiger partial charge in [-0.2, -0.15) is 0 Å². The lowest BCUT2D eigenvalue weighted by Gasteiger charge is -2.26. The Morgan fingerprint density at radius 2 is 1.62 bits per heavy atom. The summed E-state index contributed by atoms with van der Waals surface area (Å²) >= 11 is 0. The van der Waals surface area contributed by atoms with E-state index in [1.54, 1.807) is 13.8 Å². The van der Waals surface area contributed by atoms with E-state index in [0.29, 0.717) is 13.0 Å². The van der Waals surface area contributed by atoms with Crippen LogP contribution in [0.15, 0.2) is 48.5 Å². The number of hydrogen-bond acceptors (Lipinski definition) is 5. The Kier molecular flexibility index (Phi) is 8.28. The summed E-state index contributed by atoms with van der Waals surface area (Å²) in [6.07, 6.45) is 0.0461. The van der Waals surface area contributed by atoms with Crippen LogP contribution in [0.1, 0.15) is 50.2 Å². The van der Waals surface area contributed by atoms with Gasteiger partial charge in [-0.25, -0.2) is 9.59 Å². The van der Waals surface area contributed by atoms with Crippen LogP contribution < -0.4 is 10.6 Å². The third-order valence-electron chi connectivity index (χ3n) is 5.86. The molecule has 0 bridgehead atoms. The summed E-state index contributed by atoms with van der Waals surface area (Å²) in [5.41, 5.74) is 3.58. The Morgan fingerprint density at radius 3 is 2.18 bits per heavy atom. The SMILES string of the molecule is COCCCC(NC(=O)CC(C)(C)NC(=O)OCC1c2ccccc2-c2ccccc21)C(=O)O. The first-order valence-electron chi connectivity index (χ1n) is 11.4. The monoisotopic (exact) mass is 468 g/mol. The van der Waals surface area contributed by atoms with Crippen LogP contribution in [0.4, 0.5) is 4.79 Å². The van der Waals surface area contributed by atoms with Crippen molar-refractivity contribution in [2.45, 2.75) is 50.6 Å². The number of hydrogen-bond donors (Lipinski definition) is 3. The first kappa shape index (κ1) is 25.2. The summed E-state index contributed by atoms with van der Waals surface area (Å²) in [6.45, 7) is 3.96. The number of fused-ring (bicyclic) bond motifs is 3. The molecule has 3 rings (SSSR count). The summed E-state index contributed by atoms with van der Waals surface area (Å²) in [5, 5.41) is 14.6. The number of carbonyl (C=O) groups is 3. The summed E-state index contributed by atoms with van der Waals surface area (Å²) in [4.78, 5) is 36.4. The third kappa shape index (κ3) is 6.35. The fraction of sp³-hybridized carbons (Fsp3) is 0.423. The van der Waals surface area contributed by atoms with Gasteiger partial charge >= 0.3 is 12.1 Å². The second-order valence-electron chi connectivity index (χ2n) is 9.10. The average molecular weight is 469 g/mol. The fourth-order valence-electron chi connectivity index (χ4n) is 4.29. The normalized spacial score (nSPS) is 13.5. The van der Waals surface area contributed by atoms with Crippen molar-refractivity contribution < 1.29 is 29.0 Å². The van der Waals surface area contributed by atoms with Crippen molar-refractivity contribution in [3.05, 3.63) is 59.7 Å². The third-order valence-corrected chi connectivity index (χ3v) is 5.86. The maximum Gasteiger partial charge on any atom is 0.407 e. The van der Waals surface area contributed by atoms with Gasteiger partial charge in [0.15, 0.2) is 0 Å². The van der Waals surface area contributed by atoms with Crippen molar-refractivity contribution in [3.63, 3.8) is 0 Å². The lowest BCUT2D eigenvalue weighted by atomic mass is 9.98. The molecular formula is C26H32N2O6. The molecule has 0 aromatic heterocycles. The summed E-state index contributed by atoms with van der Waals surface area (Å²) < 4.78 is 10.5. The molecule has 0 saturated carbocycles. The second-order valence-corrected chi connectivity index (χ2v) is 9.10. The average Bonchev–Trinajstić information content (AvgIpc) is 3.10. The van der Waals surface area contributed by atoms with E-state index in [1.165, 1.54) is 7.11 Å². The van der Waals surface area contributed by atoms with Gasteiger partial charge in [0.05, 0.1) is 0 Å². The Hall–Kier alpha value is -3.39. The summed E-state index contributed by atoms with van der Waals surface area (Å²) in [6, 6.07) is 15.1. The number of carbonyl (C=O) groups excluding carboxylic acids is 2. The maximum absolute atomic E-state index is 12.6. The van der Waals surface area contributed by atoms with Crippen molar-refractivity contribution in [1.29, 1.82) is 0 Å². The van der Waals surface area contributed by atoms with Crippen molar-refractivity contribution in [2.24, 2.45) is 0 Å². The van der Waals surface area contributed by atoms with Crippen LogP contribution >= 0.6 is 0 Å². The number of methoxy groups -OCH3 is 1. The van der Waals surface area contributed by atoms with Crippen LogP contribution in [0, 0.1) is 0 Å². The molecule has 0 radical (unpaired) electrons. The van der Waals surface area contributed by atoms with E-state index in [4.69, 9.17) is 9.47 Å². The minimum absolute atomic E-state index is 0.0621. The first-order valence-corrected chi connectivity index (χ1v) is 11.4. The number of carboxylic acid groups (broad SMARTS) is 1. The molecule has 3 N–H and O–H groups in total. The lowest BCUT2D eigenvalue weighted by molar-refractivity contribution is -0.142. The van der Waals surface area contributed by atoms with Gasteiger partial charge in [0.1, 0.15) is 12.6 Å². The molecule has 1 unspecified atom stereocenters. The van der Waals surface area contributed by atoms with Gasteiger partial charge in [0.25, 0.3) is 0 Å². The molecule has 182 valence electrons. The fourth-order valence-corrected chi connectivity index (χ4v) is 4.29. The molecule has 0 saturated heterocycles. The highest BCUT2D eigenvalue weighted by Gasteiger charge is 2.31. The molecule has 0 fully saturated rings. The van der Waals surface area contributed by atoms with Gasteiger partial charge in [-0.3, -0.25) is 4.79 Å². The molecule has 1 aliphatic carbocycles.